The van der Waals surface area contributed by atoms with Gasteiger partial charge in [0.05, 0.1) is 28.4 Å². The van der Waals surface area contributed by atoms with E-state index < -0.39 is 0 Å². The minimum Gasteiger partial charge on any atom is -0.497 e. The van der Waals surface area contributed by atoms with Gasteiger partial charge in [-0.3, -0.25) is 0 Å². The lowest BCUT2D eigenvalue weighted by Gasteiger charge is -2.21. The van der Waals surface area contributed by atoms with Crippen molar-refractivity contribution in [1.82, 2.24) is 0 Å². The largest absolute Gasteiger partial charge is 0.497 e. The average molecular weight is 420 g/mol. The summed E-state index contributed by atoms with van der Waals surface area (Å²) in [5.41, 5.74) is 4.29. The molecule has 4 rings (SSSR count). The lowest BCUT2D eigenvalue weighted by atomic mass is 9.90. The molecule has 1 heterocycles. The van der Waals surface area contributed by atoms with Crippen LogP contribution in [0.3, 0.4) is 0 Å². The number of hydrogen-bond donors (Lipinski definition) is 0. The van der Waals surface area contributed by atoms with Crippen molar-refractivity contribution in [3.05, 3.63) is 66.2 Å². The first-order chi connectivity index (χ1) is 15.1. The van der Waals surface area contributed by atoms with Crippen LogP contribution in [0.4, 0.5) is 0 Å². The summed E-state index contributed by atoms with van der Waals surface area (Å²) >= 11 is 0. The standard InChI is InChI=1S/C25H24O6/c1-15(16-6-9-18(26-2)10-7-16)19-13-22(27-3)24(28-4)25(29-5)23(19)17-8-11-20-21(12-17)31-14-30-20/h6-13H,1,14H2,2-5H3. The number of hydrogen-bond acceptors (Lipinski definition) is 6. The van der Waals surface area contributed by atoms with Crippen LogP contribution < -0.4 is 28.4 Å². The highest BCUT2D eigenvalue weighted by atomic mass is 16.7. The number of benzene rings is 3. The molecule has 0 aromatic heterocycles. The van der Waals surface area contributed by atoms with Gasteiger partial charge in [-0.1, -0.05) is 24.8 Å². The summed E-state index contributed by atoms with van der Waals surface area (Å²) in [6.45, 7) is 4.57. The Balaban J connectivity index is 1.95. The Hall–Kier alpha value is -3.80. The third-order valence-corrected chi connectivity index (χ3v) is 5.25. The minimum atomic E-state index is 0.202. The van der Waals surface area contributed by atoms with Crippen molar-refractivity contribution in [2.24, 2.45) is 0 Å². The van der Waals surface area contributed by atoms with Gasteiger partial charge in [-0.05, 0) is 52.6 Å². The zero-order valence-corrected chi connectivity index (χ0v) is 18.0. The van der Waals surface area contributed by atoms with Gasteiger partial charge >= 0.3 is 0 Å². The second-order valence-electron chi connectivity index (χ2n) is 6.84. The Labute approximate surface area is 181 Å². The van der Waals surface area contributed by atoms with E-state index in [0.29, 0.717) is 28.7 Å². The van der Waals surface area contributed by atoms with E-state index in [4.69, 9.17) is 28.4 Å². The van der Waals surface area contributed by atoms with E-state index in [1.807, 2.05) is 48.5 Å². The van der Waals surface area contributed by atoms with E-state index >= 15 is 0 Å². The molecule has 31 heavy (non-hydrogen) atoms. The first-order valence-corrected chi connectivity index (χ1v) is 9.68. The summed E-state index contributed by atoms with van der Waals surface area (Å²) in [6.07, 6.45) is 0. The third-order valence-electron chi connectivity index (χ3n) is 5.25. The van der Waals surface area contributed by atoms with Crippen LogP contribution in [0.2, 0.25) is 0 Å². The van der Waals surface area contributed by atoms with Gasteiger partial charge in [0.25, 0.3) is 0 Å². The predicted molar refractivity (Wildman–Crippen MR) is 119 cm³/mol. The minimum absolute atomic E-state index is 0.202. The molecular weight excluding hydrogens is 396 g/mol. The summed E-state index contributed by atoms with van der Waals surface area (Å²) in [7, 11) is 6.42. The molecule has 0 saturated carbocycles. The smallest absolute Gasteiger partial charge is 0.231 e. The monoisotopic (exact) mass is 420 g/mol. The zero-order valence-electron chi connectivity index (χ0n) is 18.0. The summed E-state index contributed by atoms with van der Waals surface area (Å²) in [5.74, 6) is 3.76. The quantitative estimate of drug-likeness (QED) is 0.525. The molecule has 0 spiro atoms. The van der Waals surface area contributed by atoms with Gasteiger partial charge in [0, 0.05) is 5.56 Å². The van der Waals surface area contributed by atoms with Crippen LogP contribution in [0.1, 0.15) is 11.1 Å². The molecule has 3 aromatic rings. The van der Waals surface area contributed by atoms with Crippen molar-refractivity contribution in [2.45, 2.75) is 0 Å². The fourth-order valence-corrected chi connectivity index (χ4v) is 3.68. The van der Waals surface area contributed by atoms with E-state index in [2.05, 4.69) is 6.58 Å². The second-order valence-corrected chi connectivity index (χ2v) is 6.84. The van der Waals surface area contributed by atoms with Crippen molar-refractivity contribution in [2.75, 3.05) is 35.2 Å². The lowest BCUT2D eigenvalue weighted by molar-refractivity contribution is 0.174. The van der Waals surface area contributed by atoms with Crippen LogP contribution in [0.5, 0.6) is 34.5 Å². The predicted octanol–water partition coefficient (Wildman–Crippen LogP) is 5.18. The van der Waals surface area contributed by atoms with Crippen molar-refractivity contribution in [3.8, 4) is 45.6 Å². The van der Waals surface area contributed by atoms with Gasteiger partial charge in [0.1, 0.15) is 5.75 Å². The van der Waals surface area contributed by atoms with E-state index in [1.54, 1.807) is 28.4 Å². The highest BCUT2D eigenvalue weighted by Crippen LogP contribution is 2.50. The molecule has 0 bridgehead atoms. The molecule has 0 radical (unpaired) electrons. The molecule has 0 atom stereocenters. The fraction of sp³-hybridized carbons (Fsp3) is 0.200. The highest BCUT2D eigenvalue weighted by molar-refractivity contribution is 5.93. The fourth-order valence-electron chi connectivity index (χ4n) is 3.68. The van der Waals surface area contributed by atoms with Crippen molar-refractivity contribution in [3.63, 3.8) is 0 Å². The van der Waals surface area contributed by atoms with E-state index in [1.165, 1.54) is 0 Å². The normalized spacial score (nSPS) is 11.7. The van der Waals surface area contributed by atoms with Crippen LogP contribution in [0.15, 0.2) is 55.1 Å². The molecule has 0 unspecified atom stereocenters. The zero-order chi connectivity index (χ0) is 22.0. The second kappa shape index (κ2) is 8.52. The number of methoxy groups -OCH3 is 4. The van der Waals surface area contributed by atoms with Gasteiger partial charge in [-0.2, -0.15) is 0 Å². The lowest BCUT2D eigenvalue weighted by Crippen LogP contribution is -2.01. The maximum atomic E-state index is 5.81. The Kier molecular flexibility index (Phi) is 5.62. The molecule has 160 valence electrons. The molecule has 0 N–H and O–H groups in total. The average Bonchev–Trinajstić information content (AvgIpc) is 3.30. The van der Waals surface area contributed by atoms with E-state index in [0.717, 1.165) is 33.6 Å². The highest BCUT2D eigenvalue weighted by Gasteiger charge is 2.25. The SMILES string of the molecule is C=C(c1ccc(OC)cc1)c1cc(OC)c(OC)c(OC)c1-c1ccc2c(c1)OCO2. The van der Waals surface area contributed by atoms with Crippen LogP contribution >= 0.6 is 0 Å². The molecule has 3 aromatic carbocycles. The van der Waals surface area contributed by atoms with E-state index in [-0.39, 0.29) is 6.79 Å². The maximum absolute atomic E-state index is 5.81. The first kappa shape index (κ1) is 20.5. The maximum Gasteiger partial charge on any atom is 0.231 e. The van der Waals surface area contributed by atoms with Gasteiger partial charge < -0.3 is 28.4 Å². The number of fused-ring (bicyclic) bond motifs is 1. The molecule has 6 nitrogen and oxygen atoms in total. The van der Waals surface area contributed by atoms with E-state index in [9.17, 15) is 0 Å². The van der Waals surface area contributed by atoms with Gasteiger partial charge in [-0.15, -0.1) is 0 Å². The Bertz CT molecular complexity index is 1120. The molecule has 0 saturated heterocycles. The summed E-state index contributed by atoms with van der Waals surface area (Å²) in [4.78, 5) is 0. The van der Waals surface area contributed by atoms with Gasteiger partial charge in [-0.25, -0.2) is 0 Å². The number of rotatable bonds is 7. The Morgan fingerprint density at radius 1 is 0.774 bits per heavy atom. The molecular formula is C25H24O6. The van der Waals surface area contributed by atoms with Crippen LogP contribution in [-0.4, -0.2) is 35.2 Å². The van der Waals surface area contributed by atoms with Crippen molar-refractivity contribution < 1.29 is 28.4 Å². The molecule has 6 heteroatoms. The van der Waals surface area contributed by atoms with Crippen molar-refractivity contribution >= 4 is 5.57 Å². The first-order valence-electron chi connectivity index (χ1n) is 9.68. The van der Waals surface area contributed by atoms with Gasteiger partial charge in [0.2, 0.25) is 12.5 Å². The van der Waals surface area contributed by atoms with Crippen LogP contribution in [0.25, 0.3) is 16.7 Å². The number of ether oxygens (including phenoxy) is 6. The van der Waals surface area contributed by atoms with Gasteiger partial charge in [0.15, 0.2) is 23.0 Å². The third kappa shape index (κ3) is 3.61. The molecule has 0 aliphatic carbocycles. The Morgan fingerprint density at radius 2 is 1.48 bits per heavy atom. The summed E-state index contributed by atoms with van der Waals surface area (Å²) in [5, 5.41) is 0. The molecule has 0 fully saturated rings. The van der Waals surface area contributed by atoms with Crippen LogP contribution in [0, 0.1) is 0 Å². The van der Waals surface area contributed by atoms with Crippen molar-refractivity contribution in [1.29, 1.82) is 0 Å². The summed E-state index contributed by atoms with van der Waals surface area (Å²) < 4.78 is 33.4. The summed E-state index contributed by atoms with van der Waals surface area (Å²) in [6, 6.07) is 15.4. The molecule has 0 amide bonds. The van der Waals surface area contributed by atoms with Crippen LogP contribution in [-0.2, 0) is 0 Å². The molecule has 1 aliphatic heterocycles. The Morgan fingerprint density at radius 3 is 2.13 bits per heavy atom. The topological polar surface area (TPSA) is 55.4 Å². The molecule has 1 aliphatic rings.